The minimum atomic E-state index is -1.50. The van der Waals surface area contributed by atoms with E-state index in [1.54, 1.807) is 6.08 Å². The van der Waals surface area contributed by atoms with Gasteiger partial charge in [0.15, 0.2) is 0 Å². The molecule has 0 fully saturated rings. The number of allylic oxidation sites excluding steroid dienone is 2. The molecular weight excluding hydrogens is 432 g/mol. The molecule has 166 valence electrons. The highest BCUT2D eigenvalue weighted by molar-refractivity contribution is 6.12. The number of carboxylic acid groups (broad SMARTS) is 2. The molecule has 5 rings (SSSR count). The number of rotatable bonds is 4. The van der Waals surface area contributed by atoms with Crippen molar-refractivity contribution in [1.82, 2.24) is 19.9 Å². The van der Waals surface area contributed by atoms with Crippen molar-refractivity contribution in [2.75, 3.05) is 0 Å². The number of carbonyl (C=O) groups is 2. The number of hydrogen-bond acceptors (Lipinski definition) is 4. The van der Waals surface area contributed by atoms with Gasteiger partial charge in [0.05, 0.1) is 22.8 Å². The number of nitrogens with one attached hydrogen (secondary N) is 2. The van der Waals surface area contributed by atoms with Crippen LogP contribution >= 0.6 is 0 Å². The quantitative estimate of drug-likeness (QED) is 0.135. The Kier molecular flexibility index (Phi) is 5.23. The number of aromatic nitrogens is 4. The second kappa shape index (κ2) is 8.51. The Morgan fingerprint density at radius 3 is 1.94 bits per heavy atom. The Morgan fingerprint density at radius 2 is 1.29 bits per heavy atom. The number of H-pyrrole nitrogens is 2. The lowest BCUT2D eigenvalue weighted by molar-refractivity contribution is -0.140. The average molecular weight is 450 g/mol. The van der Waals surface area contributed by atoms with Crippen molar-refractivity contribution in [2.24, 2.45) is 0 Å². The molecule has 0 aliphatic carbocycles. The van der Waals surface area contributed by atoms with Gasteiger partial charge in [-0.25, -0.2) is 19.6 Å². The van der Waals surface area contributed by atoms with E-state index >= 15 is 0 Å². The molecule has 8 bridgehead atoms. The number of fused-ring (bicyclic) bond motifs is 8. The number of hydrogen-bond donors (Lipinski definition) is 4. The fourth-order valence-corrected chi connectivity index (χ4v) is 3.66. The van der Waals surface area contributed by atoms with E-state index in [0.29, 0.717) is 0 Å². The summed E-state index contributed by atoms with van der Waals surface area (Å²) >= 11 is 0. The summed E-state index contributed by atoms with van der Waals surface area (Å²) in [7, 11) is 0. The smallest absolute Gasteiger partial charge is 0.343 e. The first-order valence-corrected chi connectivity index (χ1v) is 10.4. The topological polar surface area (TPSA) is 132 Å². The maximum absolute atomic E-state index is 11.1. The van der Waals surface area contributed by atoms with Crippen LogP contribution in [-0.4, -0.2) is 42.1 Å². The Balaban J connectivity index is 1.71. The highest BCUT2D eigenvalue weighted by Gasteiger charge is 2.14. The van der Waals surface area contributed by atoms with Crippen LogP contribution in [0.2, 0.25) is 0 Å². The molecule has 0 unspecified atom stereocenters. The zero-order valence-electron chi connectivity index (χ0n) is 17.7. The maximum atomic E-state index is 11.1. The Bertz CT molecular complexity index is 1600. The van der Waals surface area contributed by atoms with Gasteiger partial charge in [-0.2, -0.15) is 0 Å². The lowest BCUT2D eigenvalue weighted by Crippen LogP contribution is -2.10. The molecule has 0 spiro atoms. The van der Waals surface area contributed by atoms with Crippen LogP contribution < -0.4 is 0 Å². The van der Waals surface area contributed by atoms with Gasteiger partial charge in [0.2, 0.25) is 0 Å². The molecule has 8 nitrogen and oxygen atoms in total. The van der Waals surface area contributed by atoms with Gasteiger partial charge < -0.3 is 20.2 Å². The van der Waals surface area contributed by atoms with E-state index in [1.165, 1.54) is 6.08 Å². The number of nitrogens with zero attached hydrogens (tertiary/aromatic N) is 2. The van der Waals surface area contributed by atoms with Crippen LogP contribution in [0, 0.1) is 0 Å². The molecule has 0 aromatic carbocycles. The summed E-state index contributed by atoms with van der Waals surface area (Å²) in [4.78, 5) is 38.1. The predicted molar refractivity (Wildman–Crippen MR) is 131 cm³/mol. The van der Waals surface area contributed by atoms with Gasteiger partial charge in [-0.15, -0.1) is 0 Å². The van der Waals surface area contributed by atoms with Crippen LogP contribution in [-0.2, 0) is 9.59 Å². The first-order valence-electron chi connectivity index (χ1n) is 10.4. The Hall–Kier alpha value is -4.98. The molecule has 5 heterocycles. The van der Waals surface area contributed by atoms with Gasteiger partial charge in [0.1, 0.15) is 5.57 Å². The Morgan fingerprint density at radius 1 is 0.706 bits per heavy atom. The van der Waals surface area contributed by atoms with Crippen LogP contribution in [0.4, 0.5) is 0 Å². The SMILES string of the molecule is O=C(O)C(=C/C=C/c1cc2cc3ccc(cc4nc(cc5nc(cc1[nH]2)C=C5)C=C4)[nH]3)C(=O)O. The zero-order chi connectivity index (χ0) is 23.7. The minimum Gasteiger partial charge on any atom is -0.477 e. The Labute approximate surface area is 193 Å². The third-order valence-electron chi connectivity index (χ3n) is 5.20. The van der Waals surface area contributed by atoms with Crippen molar-refractivity contribution in [1.29, 1.82) is 0 Å². The van der Waals surface area contributed by atoms with Crippen LogP contribution in [0.1, 0.15) is 28.3 Å². The van der Waals surface area contributed by atoms with Crippen LogP contribution in [0.5, 0.6) is 0 Å². The van der Waals surface area contributed by atoms with Crippen molar-refractivity contribution in [3.8, 4) is 0 Å². The van der Waals surface area contributed by atoms with E-state index in [-0.39, 0.29) is 0 Å². The molecule has 0 atom stereocenters. The molecular formula is C26H18N4O4. The lowest BCUT2D eigenvalue weighted by Gasteiger charge is -1.92. The van der Waals surface area contributed by atoms with Crippen molar-refractivity contribution >= 4 is 64.4 Å². The highest BCUT2D eigenvalue weighted by Crippen LogP contribution is 2.20. The van der Waals surface area contributed by atoms with Crippen LogP contribution in [0.3, 0.4) is 0 Å². The normalized spacial score (nSPS) is 12.2. The number of aliphatic carboxylic acids is 2. The van der Waals surface area contributed by atoms with Crippen molar-refractivity contribution in [2.45, 2.75) is 0 Å². The molecule has 3 aromatic heterocycles. The van der Waals surface area contributed by atoms with Gasteiger partial charge in [0, 0.05) is 27.6 Å². The van der Waals surface area contributed by atoms with Gasteiger partial charge in [-0.3, -0.25) is 0 Å². The molecule has 8 heteroatoms. The molecule has 4 N–H and O–H groups in total. The largest absolute Gasteiger partial charge is 0.477 e. The molecule has 2 aliphatic rings. The average Bonchev–Trinajstić information content (AvgIpc) is 3.56. The summed E-state index contributed by atoms with van der Waals surface area (Å²) in [6.45, 7) is 0. The first-order chi connectivity index (χ1) is 16.4. The summed E-state index contributed by atoms with van der Waals surface area (Å²) in [5, 5.41) is 18.1. The van der Waals surface area contributed by atoms with E-state index < -0.39 is 17.5 Å². The van der Waals surface area contributed by atoms with Gasteiger partial charge in [-0.05, 0) is 72.8 Å². The predicted octanol–water partition coefficient (Wildman–Crippen LogP) is 4.76. The van der Waals surface area contributed by atoms with Crippen molar-refractivity contribution < 1.29 is 19.8 Å². The fourth-order valence-electron chi connectivity index (χ4n) is 3.66. The highest BCUT2D eigenvalue weighted by atomic mass is 16.4. The molecule has 2 aliphatic heterocycles. The number of carboxylic acids is 2. The second-order valence-electron chi connectivity index (χ2n) is 7.68. The first kappa shape index (κ1) is 20.9. The van der Waals surface area contributed by atoms with E-state index in [9.17, 15) is 9.59 Å². The van der Waals surface area contributed by atoms with Gasteiger partial charge in [-0.1, -0.05) is 12.2 Å². The summed E-state index contributed by atoms with van der Waals surface area (Å²) in [5.74, 6) is -3.00. The van der Waals surface area contributed by atoms with E-state index in [1.807, 2.05) is 66.8 Å². The monoisotopic (exact) mass is 450 g/mol. The third kappa shape index (κ3) is 4.46. The second-order valence-corrected chi connectivity index (χ2v) is 7.68. The standard InChI is InChI=1S/C26H18N4O4/c31-25(32)23(26(33)34)3-1-2-15-10-22-13-20-7-6-18(28-20)11-16-4-5-17(27-16)12-19-8-9-21(29-19)14-24(15)30-22/h1-14,28,30H,(H,31,32)(H,33,34)/b2-1+,16-11?,17-12?,18-11?,19-12?,20-13?,21-14?,22-13?,24-14?. The summed E-state index contributed by atoms with van der Waals surface area (Å²) in [6.07, 6.45) is 11.8. The number of aromatic amines is 2. The summed E-state index contributed by atoms with van der Waals surface area (Å²) in [5.41, 5.74) is 6.53. The maximum Gasteiger partial charge on any atom is 0.343 e. The molecule has 0 saturated carbocycles. The van der Waals surface area contributed by atoms with Crippen LogP contribution in [0.25, 0.3) is 52.4 Å². The van der Waals surface area contributed by atoms with E-state index in [4.69, 9.17) is 10.2 Å². The van der Waals surface area contributed by atoms with E-state index in [2.05, 4.69) is 19.9 Å². The molecule has 3 aromatic rings. The molecule has 34 heavy (non-hydrogen) atoms. The third-order valence-corrected chi connectivity index (χ3v) is 5.20. The van der Waals surface area contributed by atoms with Crippen LogP contribution in [0.15, 0.2) is 60.2 Å². The lowest BCUT2D eigenvalue weighted by atomic mass is 10.2. The van der Waals surface area contributed by atoms with Crippen molar-refractivity contribution in [3.63, 3.8) is 0 Å². The molecule has 0 saturated heterocycles. The molecule has 0 radical (unpaired) electrons. The zero-order valence-corrected chi connectivity index (χ0v) is 17.7. The van der Waals surface area contributed by atoms with Gasteiger partial charge >= 0.3 is 11.9 Å². The minimum absolute atomic E-state index is 0.716. The summed E-state index contributed by atoms with van der Waals surface area (Å²) in [6, 6.07) is 13.5. The van der Waals surface area contributed by atoms with E-state index in [0.717, 1.165) is 56.5 Å². The van der Waals surface area contributed by atoms with Crippen molar-refractivity contribution in [3.05, 3.63) is 88.5 Å². The van der Waals surface area contributed by atoms with Gasteiger partial charge in [0.25, 0.3) is 0 Å². The summed E-state index contributed by atoms with van der Waals surface area (Å²) < 4.78 is 0. The fraction of sp³-hybridized carbons (Fsp3) is 0. The molecule has 0 amide bonds.